The van der Waals surface area contributed by atoms with Crippen LogP contribution < -0.4 is 5.32 Å². The van der Waals surface area contributed by atoms with E-state index in [2.05, 4.69) is 11.4 Å². The van der Waals surface area contributed by atoms with Gasteiger partial charge >= 0.3 is 6.09 Å². The topological polar surface area (TPSA) is 55.4 Å². The van der Waals surface area contributed by atoms with Crippen LogP contribution in [-0.4, -0.2) is 18.0 Å². The minimum Gasteiger partial charge on any atom is -0.444 e. The SMILES string of the molecule is CC(C)(C)OC(=O)Nc1ccc(C2=C/CCCC/C(C=O)=C\2)cc1. The van der Waals surface area contributed by atoms with Crippen LogP contribution in [0.15, 0.2) is 42.0 Å². The smallest absolute Gasteiger partial charge is 0.412 e. The minimum atomic E-state index is -0.524. The van der Waals surface area contributed by atoms with Gasteiger partial charge in [0.15, 0.2) is 0 Å². The molecular weight excluding hydrogens is 302 g/mol. The van der Waals surface area contributed by atoms with Gasteiger partial charge in [0.2, 0.25) is 0 Å². The third-order valence-corrected chi connectivity index (χ3v) is 3.64. The van der Waals surface area contributed by atoms with Crippen molar-refractivity contribution in [1.82, 2.24) is 0 Å². The van der Waals surface area contributed by atoms with E-state index in [1.807, 2.05) is 51.1 Å². The van der Waals surface area contributed by atoms with E-state index in [0.717, 1.165) is 48.7 Å². The molecule has 128 valence electrons. The third kappa shape index (κ3) is 5.69. The highest BCUT2D eigenvalue weighted by Gasteiger charge is 2.16. The normalized spacial score (nSPS) is 19.8. The molecule has 0 atom stereocenters. The van der Waals surface area contributed by atoms with Crippen molar-refractivity contribution in [3.8, 4) is 0 Å². The number of anilines is 1. The van der Waals surface area contributed by atoms with Gasteiger partial charge in [0, 0.05) is 5.69 Å². The number of rotatable bonds is 3. The van der Waals surface area contributed by atoms with Crippen LogP contribution in [0.2, 0.25) is 0 Å². The van der Waals surface area contributed by atoms with Crippen molar-refractivity contribution >= 4 is 23.6 Å². The van der Waals surface area contributed by atoms with E-state index in [4.69, 9.17) is 4.74 Å². The van der Waals surface area contributed by atoms with Gasteiger partial charge in [-0.05, 0) is 81.4 Å². The summed E-state index contributed by atoms with van der Waals surface area (Å²) in [4.78, 5) is 22.9. The number of aldehydes is 1. The van der Waals surface area contributed by atoms with Crippen LogP contribution in [0.3, 0.4) is 0 Å². The van der Waals surface area contributed by atoms with Crippen molar-refractivity contribution in [2.24, 2.45) is 0 Å². The van der Waals surface area contributed by atoms with Crippen LogP contribution in [0.5, 0.6) is 0 Å². The van der Waals surface area contributed by atoms with Crippen LogP contribution >= 0.6 is 0 Å². The molecule has 2 rings (SSSR count). The number of carbonyl (C=O) groups excluding carboxylic acids is 2. The maximum absolute atomic E-state index is 11.8. The average Bonchev–Trinajstić information content (AvgIpc) is 2.46. The van der Waals surface area contributed by atoms with Gasteiger partial charge in [-0.2, -0.15) is 0 Å². The van der Waals surface area contributed by atoms with Crippen molar-refractivity contribution in [2.75, 3.05) is 5.32 Å². The molecule has 1 N–H and O–H groups in total. The Morgan fingerprint density at radius 3 is 2.50 bits per heavy atom. The van der Waals surface area contributed by atoms with Gasteiger partial charge < -0.3 is 4.74 Å². The van der Waals surface area contributed by atoms with Crippen LogP contribution in [-0.2, 0) is 9.53 Å². The predicted octanol–water partition coefficient (Wildman–Crippen LogP) is 5.12. The highest BCUT2D eigenvalue weighted by atomic mass is 16.6. The molecule has 1 aromatic rings. The van der Waals surface area contributed by atoms with Crippen molar-refractivity contribution in [3.63, 3.8) is 0 Å². The number of nitrogens with one attached hydrogen (secondary N) is 1. The van der Waals surface area contributed by atoms with Gasteiger partial charge in [-0.15, -0.1) is 0 Å². The van der Waals surface area contributed by atoms with E-state index in [1.165, 1.54) is 0 Å². The van der Waals surface area contributed by atoms with Gasteiger partial charge in [-0.1, -0.05) is 18.2 Å². The molecule has 1 amide bonds. The molecule has 1 aromatic carbocycles. The van der Waals surface area contributed by atoms with E-state index in [1.54, 1.807) is 0 Å². The molecule has 1 aliphatic rings. The van der Waals surface area contributed by atoms with E-state index in [9.17, 15) is 9.59 Å². The van der Waals surface area contributed by atoms with Crippen molar-refractivity contribution < 1.29 is 14.3 Å². The second kappa shape index (κ2) is 7.95. The summed E-state index contributed by atoms with van der Waals surface area (Å²) < 4.78 is 5.24. The van der Waals surface area contributed by atoms with Gasteiger partial charge in [0.25, 0.3) is 0 Å². The first-order chi connectivity index (χ1) is 11.4. The van der Waals surface area contributed by atoms with Gasteiger partial charge in [0.1, 0.15) is 11.9 Å². The Hall–Kier alpha value is -2.36. The molecule has 0 aromatic heterocycles. The molecule has 0 spiro atoms. The average molecular weight is 327 g/mol. The summed E-state index contributed by atoms with van der Waals surface area (Å²) in [7, 11) is 0. The van der Waals surface area contributed by atoms with Gasteiger partial charge in [0.05, 0.1) is 0 Å². The molecule has 0 unspecified atom stereocenters. The Morgan fingerprint density at radius 2 is 1.88 bits per heavy atom. The number of carbonyl (C=O) groups is 2. The summed E-state index contributed by atoms with van der Waals surface area (Å²) in [6.07, 6.45) is 8.58. The molecule has 1 aliphatic carbocycles. The maximum Gasteiger partial charge on any atom is 0.412 e. The summed E-state index contributed by atoms with van der Waals surface area (Å²) in [5.41, 5.74) is 3.08. The van der Waals surface area contributed by atoms with E-state index in [-0.39, 0.29) is 0 Å². The molecule has 0 saturated heterocycles. The summed E-state index contributed by atoms with van der Waals surface area (Å²) in [5, 5.41) is 2.72. The van der Waals surface area contributed by atoms with Crippen LogP contribution in [0.1, 0.15) is 52.0 Å². The Labute approximate surface area is 143 Å². The zero-order valence-corrected chi connectivity index (χ0v) is 14.6. The highest BCUT2D eigenvalue weighted by Crippen LogP contribution is 2.24. The zero-order valence-electron chi connectivity index (χ0n) is 14.6. The van der Waals surface area contributed by atoms with Crippen molar-refractivity contribution in [1.29, 1.82) is 0 Å². The lowest BCUT2D eigenvalue weighted by atomic mass is 9.96. The predicted molar refractivity (Wildman–Crippen MR) is 96.9 cm³/mol. The van der Waals surface area contributed by atoms with Crippen LogP contribution in [0.25, 0.3) is 5.57 Å². The molecule has 24 heavy (non-hydrogen) atoms. The molecule has 4 heteroatoms. The van der Waals surface area contributed by atoms with Crippen molar-refractivity contribution in [3.05, 3.63) is 47.6 Å². The zero-order chi connectivity index (χ0) is 17.6. The first-order valence-electron chi connectivity index (χ1n) is 8.34. The van der Waals surface area contributed by atoms with E-state index >= 15 is 0 Å². The second-order valence-electron chi connectivity index (χ2n) is 6.95. The largest absolute Gasteiger partial charge is 0.444 e. The monoisotopic (exact) mass is 327 g/mol. The van der Waals surface area contributed by atoms with Crippen LogP contribution in [0.4, 0.5) is 10.5 Å². The fourth-order valence-corrected chi connectivity index (χ4v) is 2.52. The number of hydrogen-bond acceptors (Lipinski definition) is 3. The minimum absolute atomic E-state index is 0.469. The number of benzene rings is 1. The first-order valence-corrected chi connectivity index (χ1v) is 8.34. The molecule has 0 fully saturated rings. The standard InChI is InChI=1S/C20H25NO3/c1-20(2,3)24-19(23)21-18-11-9-16(10-12-18)17-8-6-4-5-7-15(13-17)14-22/h8-14H,4-7H2,1-3H3,(H,21,23)/b15-13+,17-8+. The Morgan fingerprint density at radius 1 is 1.17 bits per heavy atom. The number of ether oxygens (including phenoxy) is 1. The quantitative estimate of drug-likeness (QED) is 0.784. The van der Waals surface area contributed by atoms with Crippen molar-refractivity contribution in [2.45, 2.75) is 52.1 Å². The van der Waals surface area contributed by atoms with Crippen LogP contribution in [0, 0.1) is 0 Å². The molecule has 0 saturated carbocycles. The lowest BCUT2D eigenvalue weighted by Crippen LogP contribution is -2.27. The van der Waals surface area contributed by atoms with Gasteiger partial charge in [-0.3, -0.25) is 10.1 Å². The van der Waals surface area contributed by atoms with E-state index < -0.39 is 11.7 Å². The summed E-state index contributed by atoms with van der Waals surface area (Å²) in [6, 6.07) is 7.57. The molecular formula is C20H25NO3. The summed E-state index contributed by atoms with van der Waals surface area (Å²) >= 11 is 0. The number of amides is 1. The third-order valence-electron chi connectivity index (χ3n) is 3.64. The Balaban J connectivity index is 2.10. The molecule has 0 heterocycles. The number of allylic oxidation sites excluding steroid dienone is 4. The second-order valence-corrected chi connectivity index (χ2v) is 6.95. The lowest BCUT2D eigenvalue weighted by molar-refractivity contribution is -0.105. The fraction of sp³-hybridized carbons (Fsp3) is 0.400. The lowest BCUT2D eigenvalue weighted by Gasteiger charge is -2.19. The fourth-order valence-electron chi connectivity index (χ4n) is 2.52. The van der Waals surface area contributed by atoms with Gasteiger partial charge in [-0.25, -0.2) is 4.79 Å². The summed E-state index contributed by atoms with van der Waals surface area (Å²) in [6.45, 7) is 5.48. The maximum atomic E-state index is 11.8. The number of hydrogen-bond donors (Lipinski definition) is 1. The molecule has 0 bridgehead atoms. The first kappa shape index (κ1) is 18.0. The van der Waals surface area contributed by atoms with E-state index in [0.29, 0.717) is 5.69 Å². The Kier molecular flexibility index (Phi) is 5.96. The summed E-state index contributed by atoms with van der Waals surface area (Å²) in [5.74, 6) is 0. The molecule has 0 aliphatic heterocycles. The molecule has 4 nitrogen and oxygen atoms in total. The molecule has 0 radical (unpaired) electrons. The highest BCUT2D eigenvalue weighted by molar-refractivity contribution is 5.86. The Bertz CT molecular complexity index is 648.